The van der Waals surface area contributed by atoms with Gasteiger partial charge < -0.3 is 19.8 Å². The number of phenolic OH excluding ortho intramolecular Hbond substituents is 2. The second kappa shape index (κ2) is 7.42. The molecule has 1 aromatic heterocycles. The fraction of sp³-hybridized carbons (Fsp3) is 0.238. The van der Waals surface area contributed by atoms with E-state index in [9.17, 15) is 15.0 Å². The molecule has 0 fully saturated rings. The molecule has 1 atom stereocenters. The van der Waals surface area contributed by atoms with Crippen LogP contribution in [0.4, 0.5) is 0 Å². The zero-order valence-electron chi connectivity index (χ0n) is 15.9. The van der Waals surface area contributed by atoms with Crippen molar-refractivity contribution in [1.82, 2.24) is 15.1 Å². The molecule has 150 valence electrons. The zero-order chi connectivity index (χ0) is 20.7. The number of carbonyl (C=O) groups excluding carboxylic acids is 1. The highest BCUT2D eigenvalue weighted by molar-refractivity contribution is 6.31. The minimum absolute atomic E-state index is 0.0265. The standard InChI is InChI=1S/C21H20ClN3O4/c1-11-8-16(27)14(10-15(11)22)18-17-19(24-23-18)21(28)25(6-7-29-2)20(17)12-4-3-5-13(26)9-12/h3-5,8-10,20,26-27H,6-7H2,1-2H3,(H,23,24)/t20-/m0/s1. The van der Waals surface area contributed by atoms with E-state index in [1.54, 1.807) is 49.3 Å². The molecule has 2 aromatic carbocycles. The number of hydrogen-bond acceptors (Lipinski definition) is 5. The van der Waals surface area contributed by atoms with Gasteiger partial charge in [-0.1, -0.05) is 23.7 Å². The number of fused-ring (bicyclic) bond motifs is 1. The van der Waals surface area contributed by atoms with Crippen LogP contribution in [-0.4, -0.2) is 51.5 Å². The summed E-state index contributed by atoms with van der Waals surface area (Å²) in [5, 5.41) is 28.1. The van der Waals surface area contributed by atoms with Gasteiger partial charge in [0, 0.05) is 29.8 Å². The number of aromatic amines is 1. The molecule has 1 aliphatic heterocycles. The van der Waals surface area contributed by atoms with Crippen LogP contribution in [0.2, 0.25) is 5.02 Å². The second-order valence-corrected chi connectivity index (χ2v) is 7.38. The molecule has 3 N–H and O–H groups in total. The molecule has 0 aliphatic carbocycles. The van der Waals surface area contributed by atoms with Gasteiger partial charge in [-0.25, -0.2) is 0 Å². The Kier molecular flexibility index (Phi) is 4.94. The fourth-order valence-electron chi connectivity index (χ4n) is 3.72. The van der Waals surface area contributed by atoms with Gasteiger partial charge in [-0.2, -0.15) is 5.10 Å². The van der Waals surface area contributed by atoms with E-state index in [0.29, 0.717) is 40.7 Å². The van der Waals surface area contributed by atoms with Gasteiger partial charge in [-0.3, -0.25) is 9.89 Å². The third-order valence-corrected chi connectivity index (χ3v) is 5.53. The molecule has 1 aliphatic rings. The molecule has 2 heterocycles. The van der Waals surface area contributed by atoms with Gasteiger partial charge in [0.1, 0.15) is 22.9 Å². The van der Waals surface area contributed by atoms with Crippen molar-refractivity contribution in [2.45, 2.75) is 13.0 Å². The smallest absolute Gasteiger partial charge is 0.273 e. The van der Waals surface area contributed by atoms with Crippen LogP contribution in [0.5, 0.6) is 11.5 Å². The van der Waals surface area contributed by atoms with Gasteiger partial charge in [0.25, 0.3) is 5.91 Å². The maximum absolute atomic E-state index is 13.1. The van der Waals surface area contributed by atoms with Crippen LogP contribution in [0, 0.1) is 6.92 Å². The summed E-state index contributed by atoms with van der Waals surface area (Å²) in [6, 6.07) is 9.47. The summed E-state index contributed by atoms with van der Waals surface area (Å²) >= 11 is 6.28. The average molecular weight is 414 g/mol. The van der Waals surface area contributed by atoms with Crippen molar-refractivity contribution < 1.29 is 19.7 Å². The van der Waals surface area contributed by atoms with Crippen LogP contribution in [0.15, 0.2) is 36.4 Å². The number of hydrogen-bond donors (Lipinski definition) is 3. The first kappa shape index (κ1) is 19.3. The highest BCUT2D eigenvalue weighted by Crippen LogP contribution is 2.45. The second-order valence-electron chi connectivity index (χ2n) is 6.97. The van der Waals surface area contributed by atoms with E-state index in [1.807, 2.05) is 6.07 Å². The fourth-order valence-corrected chi connectivity index (χ4v) is 3.88. The average Bonchev–Trinajstić information content (AvgIpc) is 3.22. The predicted octanol–water partition coefficient (Wildman–Crippen LogP) is 3.64. The Morgan fingerprint density at radius 2 is 2.07 bits per heavy atom. The third-order valence-electron chi connectivity index (χ3n) is 5.12. The highest BCUT2D eigenvalue weighted by atomic mass is 35.5. The summed E-state index contributed by atoms with van der Waals surface area (Å²) in [5.74, 6) is -0.0955. The van der Waals surface area contributed by atoms with E-state index < -0.39 is 6.04 Å². The number of rotatable bonds is 5. The molecule has 0 bridgehead atoms. The first-order valence-electron chi connectivity index (χ1n) is 9.09. The van der Waals surface area contributed by atoms with Gasteiger partial charge in [0.05, 0.1) is 12.6 Å². The first-order chi connectivity index (χ1) is 13.9. The molecule has 0 radical (unpaired) electrons. The summed E-state index contributed by atoms with van der Waals surface area (Å²) in [4.78, 5) is 14.7. The number of ether oxygens (including phenoxy) is 1. The van der Waals surface area contributed by atoms with E-state index >= 15 is 0 Å². The van der Waals surface area contributed by atoms with Crippen LogP contribution in [0.25, 0.3) is 11.3 Å². The number of nitrogens with one attached hydrogen (secondary N) is 1. The summed E-state index contributed by atoms with van der Waals surface area (Å²) in [6.07, 6.45) is 0. The Morgan fingerprint density at radius 3 is 2.79 bits per heavy atom. The van der Waals surface area contributed by atoms with Crippen molar-refractivity contribution >= 4 is 17.5 Å². The lowest BCUT2D eigenvalue weighted by Gasteiger charge is -2.26. The molecule has 4 rings (SSSR count). The molecule has 1 amide bonds. The van der Waals surface area contributed by atoms with E-state index in [0.717, 1.165) is 11.1 Å². The van der Waals surface area contributed by atoms with Crippen LogP contribution in [0.1, 0.15) is 33.2 Å². The number of nitrogens with zero attached hydrogens (tertiary/aromatic N) is 2. The molecule has 3 aromatic rings. The van der Waals surface area contributed by atoms with E-state index in [4.69, 9.17) is 16.3 Å². The summed E-state index contributed by atoms with van der Waals surface area (Å²) in [5.41, 5.74) is 3.33. The minimum Gasteiger partial charge on any atom is -0.508 e. The summed E-state index contributed by atoms with van der Waals surface area (Å²) in [7, 11) is 1.57. The number of amides is 1. The third kappa shape index (κ3) is 3.22. The van der Waals surface area contributed by atoms with Crippen LogP contribution in [-0.2, 0) is 4.74 Å². The van der Waals surface area contributed by atoms with Crippen molar-refractivity contribution in [3.8, 4) is 22.8 Å². The summed E-state index contributed by atoms with van der Waals surface area (Å²) in [6.45, 7) is 2.51. The Labute approximate surface area is 172 Å². The van der Waals surface area contributed by atoms with Crippen molar-refractivity contribution in [2.24, 2.45) is 0 Å². The quantitative estimate of drug-likeness (QED) is 0.593. The van der Waals surface area contributed by atoms with Gasteiger partial charge in [0.15, 0.2) is 0 Å². The van der Waals surface area contributed by atoms with Crippen LogP contribution >= 0.6 is 11.6 Å². The number of aromatic nitrogens is 2. The van der Waals surface area contributed by atoms with E-state index in [1.165, 1.54) is 0 Å². The van der Waals surface area contributed by atoms with E-state index in [-0.39, 0.29) is 17.4 Å². The number of aryl methyl sites for hydroxylation is 1. The maximum atomic E-state index is 13.1. The van der Waals surface area contributed by atoms with Gasteiger partial charge in [0.2, 0.25) is 0 Å². The minimum atomic E-state index is -0.493. The number of carbonyl (C=O) groups is 1. The van der Waals surface area contributed by atoms with E-state index in [2.05, 4.69) is 10.2 Å². The number of phenols is 2. The van der Waals surface area contributed by atoms with Crippen LogP contribution < -0.4 is 0 Å². The zero-order valence-corrected chi connectivity index (χ0v) is 16.7. The SMILES string of the molecule is COCCN1C(=O)c2[nH]nc(-c3cc(Cl)c(C)cc3O)c2[C@@H]1c1cccc(O)c1. The lowest BCUT2D eigenvalue weighted by molar-refractivity contribution is 0.0677. The van der Waals surface area contributed by atoms with Gasteiger partial charge in [-0.05, 0) is 42.3 Å². The summed E-state index contributed by atoms with van der Waals surface area (Å²) < 4.78 is 5.17. The molecular weight excluding hydrogens is 394 g/mol. The number of benzene rings is 2. The number of H-pyrrole nitrogens is 1. The van der Waals surface area contributed by atoms with Crippen LogP contribution in [0.3, 0.4) is 0 Å². The number of aromatic hydroxyl groups is 2. The monoisotopic (exact) mass is 413 g/mol. The first-order valence-corrected chi connectivity index (χ1v) is 9.46. The molecular formula is C21H20ClN3O4. The molecule has 8 heteroatoms. The molecule has 0 saturated carbocycles. The largest absolute Gasteiger partial charge is 0.508 e. The Balaban J connectivity index is 1.91. The topological polar surface area (TPSA) is 98.7 Å². The highest BCUT2D eigenvalue weighted by Gasteiger charge is 2.42. The normalized spacial score (nSPS) is 15.8. The Morgan fingerprint density at radius 1 is 1.28 bits per heavy atom. The van der Waals surface area contributed by atoms with Crippen molar-refractivity contribution in [3.63, 3.8) is 0 Å². The number of halogens is 1. The van der Waals surface area contributed by atoms with Crippen molar-refractivity contribution in [3.05, 3.63) is 63.8 Å². The molecule has 0 saturated heterocycles. The predicted molar refractivity (Wildman–Crippen MR) is 108 cm³/mol. The Hall–Kier alpha value is -3.03. The molecule has 0 spiro atoms. The molecule has 29 heavy (non-hydrogen) atoms. The number of methoxy groups -OCH3 is 1. The molecule has 0 unspecified atom stereocenters. The van der Waals surface area contributed by atoms with Gasteiger partial charge >= 0.3 is 0 Å². The van der Waals surface area contributed by atoms with Gasteiger partial charge in [-0.15, -0.1) is 0 Å². The van der Waals surface area contributed by atoms with Crippen molar-refractivity contribution in [2.75, 3.05) is 20.3 Å². The Bertz CT molecular complexity index is 1100. The van der Waals surface area contributed by atoms with Crippen molar-refractivity contribution in [1.29, 1.82) is 0 Å². The molecule has 7 nitrogen and oxygen atoms in total. The lowest BCUT2D eigenvalue weighted by Crippen LogP contribution is -2.32. The lowest BCUT2D eigenvalue weighted by atomic mass is 9.95. The maximum Gasteiger partial charge on any atom is 0.273 e.